The topological polar surface area (TPSA) is 50.2 Å². The number of para-hydroxylation sites is 1. The number of thioether (sulfide) groups is 1. The highest BCUT2D eigenvalue weighted by molar-refractivity contribution is 8.08. The summed E-state index contributed by atoms with van der Waals surface area (Å²) >= 11 is 3.10. The highest BCUT2D eigenvalue weighted by atomic mass is 32.2. The second-order valence-corrected chi connectivity index (χ2v) is 10.0. The molecule has 0 atom stereocenters. The predicted molar refractivity (Wildman–Crippen MR) is 140 cm³/mol. The molecular formula is C26H23FN4OS2. The fraction of sp³-hybridized carbons (Fsp3) is 0.154. The summed E-state index contributed by atoms with van der Waals surface area (Å²) in [6.45, 7) is 4.59. The van der Waals surface area contributed by atoms with Gasteiger partial charge in [-0.2, -0.15) is 0 Å². The Morgan fingerprint density at radius 1 is 1.15 bits per heavy atom. The van der Waals surface area contributed by atoms with E-state index < -0.39 is 0 Å². The summed E-state index contributed by atoms with van der Waals surface area (Å²) in [5.74, 6) is -0.339. The van der Waals surface area contributed by atoms with Gasteiger partial charge in [-0.1, -0.05) is 30.0 Å². The summed E-state index contributed by atoms with van der Waals surface area (Å²) in [7, 11) is 2.01. The van der Waals surface area contributed by atoms with E-state index in [-0.39, 0.29) is 11.4 Å². The van der Waals surface area contributed by atoms with Gasteiger partial charge in [-0.25, -0.2) is 4.39 Å². The molecule has 172 valence electrons. The molecule has 0 amide bonds. The zero-order valence-corrected chi connectivity index (χ0v) is 20.6. The van der Waals surface area contributed by atoms with E-state index in [0.29, 0.717) is 22.5 Å². The lowest BCUT2D eigenvalue weighted by Gasteiger charge is -2.12. The van der Waals surface area contributed by atoms with Crippen LogP contribution in [0.25, 0.3) is 11.1 Å². The number of halogens is 1. The first kappa shape index (κ1) is 22.4. The Kier molecular flexibility index (Phi) is 6.02. The molecule has 0 radical (unpaired) electrons. The quantitative estimate of drug-likeness (QED) is 0.451. The van der Waals surface area contributed by atoms with Crippen LogP contribution in [-0.2, 0) is 6.54 Å². The van der Waals surface area contributed by atoms with Crippen LogP contribution in [0.1, 0.15) is 18.1 Å². The number of nitrogens with zero attached hydrogens (tertiary/aromatic N) is 3. The summed E-state index contributed by atoms with van der Waals surface area (Å²) in [6.07, 6.45) is 5.31. The van der Waals surface area contributed by atoms with Crippen molar-refractivity contribution < 1.29 is 4.39 Å². The molecule has 5 nitrogen and oxygen atoms in total. The Morgan fingerprint density at radius 2 is 1.97 bits per heavy atom. The SMILES string of the molecule is CCn1c(=O)/c(=C2\Sc3ccc(C)cc3N2C)s/c1=C\c1ccncc1Nc1ccccc1F. The Hall–Kier alpha value is -3.36. The molecule has 2 aromatic heterocycles. The fourth-order valence-electron chi connectivity index (χ4n) is 3.90. The van der Waals surface area contributed by atoms with E-state index in [0.717, 1.165) is 25.8 Å². The molecule has 2 aromatic carbocycles. The maximum absolute atomic E-state index is 14.2. The summed E-state index contributed by atoms with van der Waals surface area (Å²) in [5.41, 5.74) is 4.16. The molecule has 4 aromatic rings. The molecule has 3 heterocycles. The molecule has 0 unspecified atom stereocenters. The van der Waals surface area contributed by atoms with Crippen LogP contribution in [0.4, 0.5) is 21.5 Å². The van der Waals surface area contributed by atoms with Gasteiger partial charge >= 0.3 is 0 Å². The minimum Gasteiger partial charge on any atom is -0.351 e. The summed E-state index contributed by atoms with van der Waals surface area (Å²) in [4.78, 5) is 20.8. The maximum Gasteiger partial charge on any atom is 0.271 e. The van der Waals surface area contributed by atoms with Crippen molar-refractivity contribution in [3.8, 4) is 0 Å². The number of benzene rings is 2. The largest absolute Gasteiger partial charge is 0.351 e. The standard InChI is InChI=1S/C26H23FN4OS2/c1-4-31-23(14-17-11-12-28-15-20(17)29-19-8-6-5-7-18(19)27)34-24(25(31)32)26-30(3)21-13-16(2)9-10-22(21)33-26/h5-15,29H,4H2,1-3H3/b23-14-,26-24+. The minimum absolute atomic E-state index is 0.00435. The van der Waals surface area contributed by atoms with Gasteiger partial charge in [-0.15, -0.1) is 11.3 Å². The van der Waals surface area contributed by atoms with Crippen molar-refractivity contribution in [1.82, 2.24) is 9.55 Å². The van der Waals surface area contributed by atoms with E-state index in [1.807, 2.05) is 26.1 Å². The second-order valence-electron chi connectivity index (χ2n) is 7.97. The van der Waals surface area contributed by atoms with Crippen molar-refractivity contribution in [2.45, 2.75) is 25.3 Å². The van der Waals surface area contributed by atoms with Gasteiger partial charge in [0.1, 0.15) is 15.4 Å². The first-order chi connectivity index (χ1) is 16.5. The van der Waals surface area contributed by atoms with Crippen molar-refractivity contribution in [3.05, 3.63) is 97.4 Å². The lowest BCUT2D eigenvalue weighted by molar-refractivity contribution is 0.632. The lowest BCUT2D eigenvalue weighted by Crippen LogP contribution is -2.33. The van der Waals surface area contributed by atoms with Gasteiger partial charge in [-0.3, -0.25) is 14.3 Å². The molecule has 1 aliphatic rings. The van der Waals surface area contributed by atoms with Gasteiger partial charge in [0.05, 0.1) is 27.9 Å². The number of anilines is 3. The highest BCUT2D eigenvalue weighted by Gasteiger charge is 2.24. The van der Waals surface area contributed by atoms with E-state index in [1.54, 1.807) is 46.9 Å². The lowest BCUT2D eigenvalue weighted by atomic mass is 10.2. The van der Waals surface area contributed by atoms with E-state index in [1.165, 1.54) is 23.0 Å². The van der Waals surface area contributed by atoms with Crippen LogP contribution < -0.4 is 25.0 Å². The second kappa shape index (κ2) is 9.12. The number of thiazole rings is 1. The third-order valence-corrected chi connectivity index (χ3v) is 8.17. The van der Waals surface area contributed by atoms with Gasteiger partial charge < -0.3 is 10.2 Å². The van der Waals surface area contributed by atoms with Crippen molar-refractivity contribution in [2.24, 2.45) is 0 Å². The highest BCUT2D eigenvalue weighted by Crippen LogP contribution is 2.45. The van der Waals surface area contributed by atoms with Crippen LogP contribution in [0.3, 0.4) is 0 Å². The van der Waals surface area contributed by atoms with Gasteiger partial charge in [0.15, 0.2) is 0 Å². The number of hydrogen-bond acceptors (Lipinski definition) is 6. The van der Waals surface area contributed by atoms with Crippen LogP contribution in [-0.4, -0.2) is 16.6 Å². The predicted octanol–water partition coefficient (Wildman–Crippen LogP) is 4.65. The van der Waals surface area contributed by atoms with E-state index in [2.05, 4.69) is 40.3 Å². The first-order valence-electron chi connectivity index (χ1n) is 10.9. The van der Waals surface area contributed by atoms with E-state index in [4.69, 9.17) is 0 Å². The van der Waals surface area contributed by atoms with Gasteiger partial charge in [-0.05, 0) is 55.8 Å². The summed E-state index contributed by atoms with van der Waals surface area (Å²) < 4.78 is 17.5. The Labute approximate surface area is 204 Å². The molecule has 1 N–H and O–H groups in total. The number of hydrogen-bond donors (Lipinski definition) is 1. The van der Waals surface area contributed by atoms with Crippen molar-refractivity contribution in [1.29, 1.82) is 0 Å². The molecule has 0 bridgehead atoms. The molecule has 5 rings (SSSR count). The van der Waals surface area contributed by atoms with Crippen LogP contribution in [0.15, 0.2) is 70.6 Å². The average molecular weight is 491 g/mol. The molecule has 0 saturated carbocycles. The Morgan fingerprint density at radius 3 is 2.76 bits per heavy atom. The van der Waals surface area contributed by atoms with Crippen LogP contribution in [0, 0.1) is 12.7 Å². The molecule has 0 fully saturated rings. The maximum atomic E-state index is 14.2. The van der Waals surface area contributed by atoms with Crippen molar-refractivity contribution in [3.63, 3.8) is 0 Å². The Balaban J connectivity index is 1.63. The monoisotopic (exact) mass is 490 g/mol. The molecular weight excluding hydrogens is 467 g/mol. The number of nitrogens with one attached hydrogen (secondary N) is 1. The molecule has 0 aliphatic carbocycles. The van der Waals surface area contributed by atoms with Crippen LogP contribution in [0.5, 0.6) is 0 Å². The normalized spacial score (nSPS) is 15.1. The van der Waals surface area contributed by atoms with Gasteiger partial charge in [0.25, 0.3) is 5.56 Å². The number of fused-ring (bicyclic) bond motifs is 1. The number of aromatic nitrogens is 2. The third-order valence-electron chi connectivity index (χ3n) is 5.69. The molecule has 34 heavy (non-hydrogen) atoms. The summed E-state index contributed by atoms with van der Waals surface area (Å²) in [5, 5.41) is 4.07. The zero-order valence-electron chi connectivity index (χ0n) is 19.0. The van der Waals surface area contributed by atoms with Gasteiger partial charge in [0.2, 0.25) is 0 Å². The van der Waals surface area contributed by atoms with Crippen molar-refractivity contribution in [2.75, 3.05) is 17.3 Å². The van der Waals surface area contributed by atoms with E-state index in [9.17, 15) is 9.18 Å². The van der Waals surface area contributed by atoms with E-state index >= 15 is 0 Å². The molecule has 0 saturated heterocycles. The van der Waals surface area contributed by atoms with Gasteiger partial charge in [0, 0.05) is 30.2 Å². The summed E-state index contributed by atoms with van der Waals surface area (Å²) in [6, 6.07) is 14.7. The molecule has 8 heteroatoms. The minimum atomic E-state index is -0.339. The van der Waals surface area contributed by atoms with Crippen LogP contribution in [0.2, 0.25) is 0 Å². The molecule has 1 aliphatic heterocycles. The average Bonchev–Trinajstić information content (AvgIpc) is 3.32. The number of pyridine rings is 1. The van der Waals surface area contributed by atoms with Crippen molar-refractivity contribution >= 4 is 51.3 Å². The number of aryl methyl sites for hydroxylation is 1. The fourth-order valence-corrected chi connectivity index (χ4v) is 6.35. The van der Waals surface area contributed by atoms with Crippen LogP contribution >= 0.6 is 23.1 Å². The smallest absolute Gasteiger partial charge is 0.271 e. The third kappa shape index (κ3) is 4.03. The first-order valence-corrected chi connectivity index (χ1v) is 12.5. The number of rotatable bonds is 4. The molecule has 0 spiro atoms. The Bertz CT molecular complexity index is 1570. The zero-order chi connectivity index (χ0) is 23.8.